The van der Waals surface area contributed by atoms with Crippen LogP contribution in [-0.2, 0) is 9.53 Å². The van der Waals surface area contributed by atoms with Gasteiger partial charge in [0.2, 0.25) is 0 Å². The Balaban J connectivity index is 2.01. The summed E-state index contributed by atoms with van der Waals surface area (Å²) < 4.78 is 14.3. The molecule has 1 saturated heterocycles. The number of ether oxygens (including phenoxy) is 1. The summed E-state index contributed by atoms with van der Waals surface area (Å²) in [6, 6.07) is 0. The van der Waals surface area contributed by atoms with Crippen molar-refractivity contribution >= 4 is 5.97 Å². The minimum Gasteiger partial charge on any atom is -0.462 e. The molecule has 18 heavy (non-hydrogen) atoms. The summed E-state index contributed by atoms with van der Waals surface area (Å²) in [5, 5.41) is 10.4. The number of hydrogen-bond acceptors (Lipinski definition) is 3. The Hall–Kier alpha value is -0.570. The minimum atomic E-state index is -0.609. The lowest BCUT2D eigenvalue weighted by Gasteiger charge is -2.54. The SMILES string of the molecule is [2H][C@]1(C)CC[C@@H](O)[C@]2(C)CC[C@@H]3[C@H](OC(=O)[C@H]3C)[C@H]21. The first-order valence-electron chi connectivity index (χ1n) is 7.66. The molecule has 1 aliphatic heterocycles. The molecule has 0 unspecified atom stereocenters. The minimum absolute atomic E-state index is 0.0450. The fourth-order valence-electron chi connectivity index (χ4n) is 4.59. The first-order valence-corrected chi connectivity index (χ1v) is 7.16. The molecule has 3 aliphatic rings. The van der Waals surface area contributed by atoms with Crippen molar-refractivity contribution in [2.24, 2.45) is 29.1 Å². The van der Waals surface area contributed by atoms with Crippen molar-refractivity contribution in [3.8, 4) is 0 Å². The van der Waals surface area contributed by atoms with Gasteiger partial charge in [0, 0.05) is 18.6 Å². The Morgan fingerprint density at radius 3 is 2.83 bits per heavy atom. The third kappa shape index (κ3) is 1.49. The van der Waals surface area contributed by atoms with Gasteiger partial charge in [0.1, 0.15) is 6.10 Å². The van der Waals surface area contributed by atoms with E-state index in [2.05, 4.69) is 6.92 Å². The monoisotopic (exact) mass is 253 g/mol. The Labute approximate surface area is 110 Å². The highest BCUT2D eigenvalue weighted by Gasteiger charge is 2.59. The molecule has 3 nitrogen and oxygen atoms in total. The average Bonchev–Trinajstić information content (AvgIpc) is 2.60. The van der Waals surface area contributed by atoms with Crippen molar-refractivity contribution in [3.05, 3.63) is 0 Å². The van der Waals surface area contributed by atoms with Crippen molar-refractivity contribution in [2.45, 2.75) is 58.7 Å². The lowest BCUT2D eigenvalue weighted by atomic mass is 9.52. The molecular formula is C15H24O3. The summed E-state index contributed by atoms with van der Waals surface area (Å²) in [6.45, 7) is 5.97. The average molecular weight is 253 g/mol. The molecule has 0 aromatic carbocycles. The van der Waals surface area contributed by atoms with E-state index in [0.717, 1.165) is 12.8 Å². The van der Waals surface area contributed by atoms with Gasteiger partial charge < -0.3 is 9.84 Å². The topological polar surface area (TPSA) is 46.5 Å². The van der Waals surface area contributed by atoms with Gasteiger partial charge in [0.15, 0.2) is 0 Å². The van der Waals surface area contributed by atoms with E-state index in [1.165, 1.54) is 0 Å². The number of rotatable bonds is 0. The number of aliphatic hydroxyl groups excluding tert-OH is 1. The molecule has 0 radical (unpaired) electrons. The van der Waals surface area contributed by atoms with Crippen LogP contribution < -0.4 is 0 Å². The predicted molar refractivity (Wildman–Crippen MR) is 67.8 cm³/mol. The van der Waals surface area contributed by atoms with Crippen LogP contribution in [0.25, 0.3) is 0 Å². The molecule has 2 aliphatic carbocycles. The van der Waals surface area contributed by atoms with E-state index in [1.807, 2.05) is 13.8 Å². The zero-order valence-electron chi connectivity index (χ0n) is 12.5. The van der Waals surface area contributed by atoms with Crippen molar-refractivity contribution in [1.29, 1.82) is 0 Å². The Bertz CT molecular complexity index is 408. The van der Waals surface area contributed by atoms with Crippen LogP contribution in [0.15, 0.2) is 0 Å². The highest BCUT2D eigenvalue weighted by Crippen LogP contribution is 2.57. The molecule has 2 saturated carbocycles. The van der Waals surface area contributed by atoms with Crippen LogP contribution in [0.4, 0.5) is 0 Å². The molecular weight excluding hydrogens is 228 g/mol. The number of carbonyl (C=O) groups is 1. The molecule has 0 aromatic rings. The fraction of sp³-hybridized carbons (Fsp3) is 0.933. The van der Waals surface area contributed by atoms with Crippen molar-refractivity contribution < 1.29 is 16.0 Å². The molecule has 1 heterocycles. The smallest absolute Gasteiger partial charge is 0.309 e. The molecule has 7 atom stereocenters. The second-order valence-corrected chi connectivity index (χ2v) is 6.78. The summed E-state index contributed by atoms with van der Waals surface area (Å²) in [7, 11) is 0. The van der Waals surface area contributed by atoms with Gasteiger partial charge in [-0.1, -0.05) is 20.8 Å². The zero-order chi connectivity index (χ0) is 14.0. The molecule has 0 spiro atoms. The Morgan fingerprint density at radius 1 is 1.39 bits per heavy atom. The largest absolute Gasteiger partial charge is 0.462 e. The van der Waals surface area contributed by atoms with Gasteiger partial charge in [-0.05, 0) is 31.6 Å². The van der Waals surface area contributed by atoms with E-state index in [9.17, 15) is 9.90 Å². The summed E-state index contributed by atoms with van der Waals surface area (Å²) in [5.41, 5.74) is -0.278. The van der Waals surface area contributed by atoms with Gasteiger partial charge >= 0.3 is 5.97 Å². The molecule has 0 aromatic heterocycles. The van der Waals surface area contributed by atoms with E-state index in [0.29, 0.717) is 12.8 Å². The number of carbonyl (C=O) groups excluding carboxylic acids is 1. The van der Waals surface area contributed by atoms with Crippen molar-refractivity contribution in [2.75, 3.05) is 0 Å². The highest BCUT2D eigenvalue weighted by molar-refractivity contribution is 5.75. The molecule has 3 rings (SSSR count). The Kier molecular flexibility index (Phi) is 2.48. The summed E-state index contributed by atoms with van der Waals surface area (Å²) in [4.78, 5) is 11.9. The van der Waals surface area contributed by atoms with Crippen LogP contribution in [-0.4, -0.2) is 23.3 Å². The van der Waals surface area contributed by atoms with Crippen LogP contribution in [0.1, 0.15) is 47.8 Å². The van der Waals surface area contributed by atoms with Gasteiger partial charge in [0.25, 0.3) is 0 Å². The van der Waals surface area contributed by atoms with E-state index < -0.39 is 5.89 Å². The van der Waals surface area contributed by atoms with Gasteiger partial charge in [-0.2, -0.15) is 0 Å². The molecule has 3 heteroatoms. The van der Waals surface area contributed by atoms with E-state index in [-0.39, 0.29) is 41.3 Å². The highest BCUT2D eigenvalue weighted by atomic mass is 16.6. The van der Waals surface area contributed by atoms with Crippen LogP contribution >= 0.6 is 0 Å². The summed E-state index contributed by atoms with van der Waals surface area (Å²) in [6.07, 6.45) is 2.66. The standard InChI is InChI=1S/C15H24O3/c1-8-4-5-11(16)15(3)7-6-10-9(2)14(17)18-13(10)12(8)15/h8-13,16H,4-7H2,1-3H3/t8-,9-,10-,11+,12+,13-,15-/m0/s1/i8D. The van der Waals surface area contributed by atoms with Crippen molar-refractivity contribution in [1.82, 2.24) is 0 Å². The van der Waals surface area contributed by atoms with Crippen LogP contribution in [0, 0.1) is 29.1 Å². The van der Waals surface area contributed by atoms with Gasteiger partial charge in [-0.25, -0.2) is 0 Å². The molecule has 1 N–H and O–H groups in total. The lowest BCUT2D eigenvalue weighted by molar-refractivity contribution is -0.166. The first-order chi connectivity index (χ1) is 8.77. The van der Waals surface area contributed by atoms with Crippen molar-refractivity contribution in [3.63, 3.8) is 0 Å². The third-order valence-corrected chi connectivity index (χ3v) is 5.85. The van der Waals surface area contributed by atoms with Crippen LogP contribution in [0.2, 0.25) is 0 Å². The second kappa shape index (κ2) is 3.96. The maximum Gasteiger partial charge on any atom is 0.309 e. The van der Waals surface area contributed by atoms with E-state index >= 15 is 0 Å². The van der Waals surface area contributed by atoms with E-state index in [1.54, 1.807) is 0 Å². The molecule has 0 bridgehead atoms. The third-order valence-electron chi connectivity index (χ3n) is 5.85. The number of hydrogen-bond donors (Lipinski definition) is 1. The summed E-state index contributed by atoms with van der Waals surface area (Å²) >= 11 is 0. The second-order valence-electron chi connectivity index (χ2n) is 6.78. The Morgan fingerprint density at radius 2 is 2.11 bits per heavy atom. The first kappa shape index (κ1) is 11.3. The lowest BCUT2D eigenvalue weighted by Crippen LogP contribution is -2.55. The molecule has 102 valence electrons. The molecule has 3 fully saturated rings. The maximum atomic E-state index is 11.9. The quantitative estimate of drug-likeness (QED) is 0.674. The fourth-order valence-corrected chi connectivity index (χ4v) is 4.59. The van der Waals surface area contributed by atoms with Gasteiger partial charge in [-0.3, -0.25) is 4.79 Å². The summed E-state index contributed by atoms with van der Waals surface area (Å²) in [5.74, 6) is -0.585. The van der Waals surface area contributed by atoms with E-state index in [4.69, 9.17) is 6.11 Å². The van der Waals surface area contributed by atoms with Gasteiger partial charge in [0.05, 0.1) is 12.0 Å². The van der Waals surface area contributed by atoms with Crippen LogP contribution in [0.3, 0.4) is 0 Å². The number of fused-ring (bicyclic) bond motifs is 3. The predicted octanol–water partition coefficient (Wildman–Crippen LogP) is 2.37. The normalized spacial score (nSPS) is 60.6. The maximum absolute atomic E-state index is 11.9. The number of aliphatic hydroxyl groups is 1. The van der Waals surface area contributed by atoms with Gasteiger partial charge in [-0.15, -0.1) is 0 Å². The number of esters is 1. The van der Waals surface area contributed by atoms with Crippen LogP contribution in [0.5, 0.6) is 0 Å². The molecule has 0 amide bonds. The zero-order valence-corrected chi connectivity index (χ0v) is 11.5.